The minimum Gasteiger partial charge on any atom is -0.504 e. The van der Waals surface area contributed by atoms with Crippen molar-refractivity contribution in [3.8, 4) is 11.5 Å². The number of rotatable bonds is 2. The van der Waals surface area contributed by atoms with Crippen LogP contribution in [0.1, 0.15) is 5.56 Å². The van der Waals surface area contributed by atoms with E-state index in [4.69, 9.17) is 10.2 Å². The number of aliphatic imine (C=N–C) groups is 1. The predicted molar refractivity (Wildman–Crippen MR) is 49.9 cm³/mol. The largest absolute Gasteiger partial charge is 0.504 e. The molecule has 0 aliphatic carbocycles. The number of phenolic OH excluding ortho intramolecular Hbond substituents is 2. The summed E-state index contributed by atoms with van der Waals surface area (Å²) in [5, 5.41) is 28.7. The molecule has 1 aromatic carbocycles. The fourth-order valence-electron chi connectivity index (χ4n) is 0.988. The van der Waals surface area contributed by atoms with Crippen LogP contribution in [0.3, 0.4) is 0 Å². The van der Waals surface area contributed by atoms with Gasteiger partial charge in [-0.3, -0.25) is 15.1 Å². The summed E-state index contributed by atoms with van der Waals surface area (Å²) in [5.41, 5.74) is -0.186. The highest BCUT2D eigenvalue weighted by molar-refractivity contribution is 5.82. The van der Waals surface area contributed by atoms with Gasteiger partial charge in [0.15, 0.2) is 5.75 Å². The fourth-order valence-corrected chi connectivity index (χ4v) is 0.988. The molecule has 0 bridgehead atoms. The molecule has 0 saturated carbocycles. The van der Waals surface area contributed by atoms with Gasteiger partial charge in [0.25, 0.3) is 0 Å². The smallest absolute Gasteiger partial charge is 0.315 e. The normalized spacial score (nSPS) is 10.6. The zero-order valence-corrected chi connectivity index (χ0v) is 7.34. The van der Waals surface area contributed by atoms with Gasteiger partial charge >= 0.3 is 5.69 Å². The summed E-state index contributed by atoms with van der Waals surface area (Å²) >= 11 is 0. The highest BCUT2D eigenvalue weighted by Crippen LogP contribution is 2.35. The summed E-state index contributed by atoms with van der Waals surface area (Å²) in [6, 6.07) is 2.32. The third-order valence-corrected chi connectivity index (χ3v) is 1.57. The zero-order chi connectivity index (χ0) is 10.7. The molecule has 14 heavy (non-hydrogen) atoms. The first kappa shape index (κ1) is 9.97. The third-order valence-electron chi connectivity index (χ3n) is 1.57. The molecule has 2 N–H and O–H groups in total. The average molecular weight is 196 g/mol. The van der Waals surface area contributed by atoms with E-state index >= 15 is 0 Å². The van der Waals surface area contributed by atoms with E-state index in [1.54, 1.807) is 0 Å². The topological polar surface area (TPSA) is 96.0 Å². The van der Waals surface area contributed by atoms with Crippen LogP contribution in [0.5, 0.6) is 11.5 Å². The van der Waals surface area contributed by atoms with Crippen LogP contribution in [0.25, 0.3) is 0 Å². The number of nitrogens with zero attached hydrogens (tertiary/aromatic N) is 2. The average Bonchev–Trinajstić information content (AvgIpc) is 2.11. The molecule has 0 aromatic heterocycles. The van der Waals surface area contributed by atoms with E-state index in [1.807, 2.05) is 0 Å². The first-order valence-corrected chi connectivity index (χ1v) is 3.68. The lowest BCUT2D eigenvalue weighted by atomic mass is 10.2. The van der Waals surface area contributed by atoms with Crippen molar-refractivity contribution in [1.29, 1.82) is 0 Å². The van der Waals surface area contributed by atoms with E-state index < -0.39 is 22.1 Å². The minimum absolute atomic E-state index is 0.356. The molecule has 0 unspecified atom stereocenters. The van der Waals surface area contributed by atoms with E-state index in [9.17, 15) is 10.1 Å². The van der Waals surface area contributed by atoms with Gasteiger partial charge in [-0.2, -0.15) is 0 Å². The summed E-state index contributed by atoms with van der Waals surface area (Å²) in [5.74, 6) is -1.27. The standard InChI is InChI=1S/C8H8N2O4/c1-9-4-5-2-6(10(13)14)8(12)7(11)3-5/h2-4,11-12H,1H3/b9-4+. The Morgan fingerprint density at radius 2 is 2.14 bits per heavy atom. The molecule has 0 spiro atoms. The number of nitro benzene ring substituents is 1. The summed E-state index contributed by atoms with van der Waals surface area (Å²) in [4.78, 5) is 13.3. The number of hydrogen-bond donors (Lipinski definition) is 2. The lowest BCUT2D eigenvalue weighted by Crippen LogP contribution is -1.91. The van der Waals surface area contributed by atoms with Crippen LogP contribution in [0.15, 0.2) is 17.1 Å². The van der Waals surface area contributed by atoms with E-state index in [0.29, 0.717) is 5.56 Å². The Balaban J connectivity index is 3.35. The van der Waals surface area contributed by atoms with Crippen molar-refractivity contribution in [3.63, 3.8) is 0 Å². The van der Waals surface area contributed by atoms with E-state index in [0.717, 1.165) is 6.07 Å². The molecule has 1 aromatic rings. The van der Waals surface area contributed by atoms with Gasteiger partial charge in [0.2, 0.25) is 5.75 Å². The molecule has 74 valence electrons. The van der Waals surface area contributed by atoms with Gasteiger partial charge in [0.1, 0.15) is 0 Å². The highest BCUT2D eigenvalue weighted by Gasteiger charge is 2.17. The third kappa shape index (κ3) is 1.79. The van der Waals surface area contributed by atoms with Crippen LogP contribution >= 0.6 is 0 Å². The van der Waals surface area contributed by atoms with Crippen molar-refractivity contribution in [1.82, 2.24) is 0 Å². The summed E-state index contributed by atoms with van der Waals surface area (Å²) < 4.78 is 0. The maximum atomic E-state index is 10.4. The van der Waals surface area contributed by atoms with Crippen molar-refractivity contribution in [2.45, 2.75) is 0 Å². The Morgan fingerprint density at radius 1 is 1.50 bits per heavy atom. The van der Waals surface area contributed by atoms with Crippen molar-refractivity contribution in [2.75, 3.05) is 7.05 Å². The highest BCUT2D eigenvalue weighted by atomic mass is 16.6. The van der Waals surface area contributed by atoms with Gasteiger partial charge in [-0.05, 0) is 6.07 Å². The van der Waals surface area contributed by atoms with Crippen LogP contribution in [0.4, 0.5) is 5.69 Å². The molecule has 0 fully saturated rings. The van der Waals surface area contributed by atoms with Crippen molar-refractivity contribution >= 4 is 11.9 Å². The second kappa shape index (κ2) is 3.73. The zero-order valence-electron chi connectivity index (χ0n) is 7.34. The first-order chi connectivity index (χ1) is 6.56. The Morgan fingerprint density at radius 3 is 2.64 bits per heavy atom. The van der Waals surface area contributed by atoms with Gasteiger partial charge in [-0.1, -0.05) is 0 Å². The quantitative estimate of drug-likeness (QED) is 0.320. The number of aromatic hydroxyl groups is 2. The van der Waals surface area contributed by atoms with E-state index in [-0.39, 0.29) is 0 Å². The second-order valence-electron chi connectivity index (χ2n) is 2.55. The van der Waals surface area contributed by atoms with Crippen LogP contribution in [0.2, 0.25) is 0 Å². The molecule has 0 aliphatic heterocycles. The molecule has 6 nitrogen and oxygen atoms in total. The van der Waals surface area contributed by atoms with Gasteiger partial charge < -0.3 is 10.2 Å². The first-order valence-electron chi connectivity index (χ1n) is 3.68. The molecule has 0 atom stereocenters. The summed E-state index contributed by atoms with van der Waals surface area (Å²) in [6.45, 7) is 0. The monoisotopic (exact) mass is 196 g/mol. The van der Waals surface area contributed by atoms with E-state index in [1.165, 1.54) is 19.3 Å². The van der Waals surface area contributed by atoms with Gasteiger partial charge in [0, 0.05) is 24.9 Å². The molecule has 0 amide bonds. The Bertz CT molecular complexity index is 401. The maximum Gasteiger partial charge on any atom is 0.315 e. The van der Waals surface area contributed by atoms with E-state index in [2.05, 4.69) is 4.99 Å². The molecule has 0 heterocycles. The van der Waals surface area contributed by atoms with Crippen LogP contribution in [-0.2, 0) is 0 Å². The number of nitro groups is 1. The Kier molecular flexibility index (Phi) is 2.66. The molecule has 0 aliphatic rings. The Labute approximate surface area is 79.3 Å². The number of hydrogen-bond acceptors (Lipinski definition) is 5. The number of phenols is 2. The van der Waals surface area contributed by atoms with Crippen molar-refractivity contribution in [3.05, 3.63) is 27.8 Å². The lowest BCUT2D eigenvalue weighted by Gasteiger charge is -2.00. The maximum absolute atomic E-state index is 10.4. The van der Waals surface area contributed by atoms with Crippen LogP contribution in [-0.4, -0.2) is 28.4 Å². The molecule has 6 heteroatoms. The van der Waals surface area contributed by atoms with Crippen LogP contribution < -0.4 is 0 Å². The van der Waals surface area contributed by atoms with Gasteiger partial charge in [-0.25, -0.2) is 0 Å². The number of benzene rings is 1. The second-order valence-corrected chi connectivity index (χ2v) is 2.55. The van der Waals surface area contributed by atoms with Crippen molar-refractivity contribution in [2.24, 2.45) is 4.99 Å². The molecule has 0 radical (unpaired) electrons. The lowest BCUT2D eigenvalue weighted by molar-refractivity contribution is -0.386. The van der Waals surface area contributed by atoms with Gasteiger partial charge in [0.05, 0.1) is 4.92 Å². The van der Waals surface area contributed by atoms with Gasteiger partial charge in [-0.15, -0.1) is 0 Å². The molecule has 1 rings (SSSR count). The SMILES string of the molecule is C/N=C/c1cc(O)c(O)c([N+](=O)[O-])c1. The molecular weight excluding hydrogens is 188 g/mol. The molecular formula is C8H8N2O4. The molecule has 0 saturated heterocycles. The summed E-state index contributed by atoms with van der Waals surface area (Å²) in [6.07, 6.45) is 1.34. The Hall–Kier alpha value is -2.11. The minimum atomic E-state index is -0.776. The fraction of sp³-hybridized carbons (Fsp3) is 0.125. The van der Waals surface area contributed by atoms with Crippen molar-refractivity contribution < 1.29 is 15.1 Å². The predicted octanol–water partition coefficient (Wildman–Crippen LogP) is 1.05. The summed E-state index contributed by atoms with van der Waals surface area (Å²) in [7, 11) is 1.50. The van der Waals surface area contributed by atoms with Crippen LogP contribution in [0, 0.1) is 10.1 Å².